The fourth-order valence-electron chi connectivity index (χ4n) is 1.62. The second-order valence-corrected chi connectivity index (χ2v) is 5.06. The van der Waals surface area contributed by atoms with Crippen LogP contribution in [0, 0.1) is 10.5 Å². The van der Waals surface area contributed by atoms with Gasteiger partial charge in [0.15, 0.2) is 0 Å². The van der Waals surface area contributed by atoms with Crippen LogP contribution in [0.4, 0.5) is 11.4 Å². The maximum absolute atomic E-state index is 12.2. The van der Waals surface area contributed by atoms with E-state index in [2.05, 4.69) is 27.9 Å². The molecule has 0 saturated carbocycles. The van der Waals surface area contributed by atoms with E-state index in [1.54, 1.807) is 12.1 Å². The molecule has 0 aromatic heterocycles. The topological polar surface area (TPSA) is 55.1 Å². The van der Waals surface area contributed by atoms with Crippen molar-refractivity contribution in [3.05, 3.63) is 57.2 Å². The summed E-state index contributed by atoms with van der Waals surface area (Å²) >= 11 is 2.18. The van der Waals surface area contributed by atoms with Crippen LogP contribution < -0.4 is 11.1 Å². The average molecular weight is 352 g/mol. The molecule has 0 radical (unpaired) electrons. The summed E-state index contributed by atoms with van der Waals surface area (Å²) in [7, 11) is 0. The number of benzene rings is 2. The molecule has 2 aromatic carbocycles. The molecule has 18 heavy (non-hydrogen) atoms. The van der Waals surface area contributed by atoms with E-state index in [0.29, 0.717) is 16.9 Å². The summed E-state index contributed by atoms with van der Waals surface area (Å²) in [6.45, 7) is 1.98. The normalized spacial score (nSPS) is 10.1. The lowest BCUT2D eigenvalue weighted by Crippen LogP contribution is -2.14. The quantitative estimate of drug-likeness (QED) is 0.643. The predicted molar refractivity (Wildman–Crippen MR) is 82.7 cm³/mol. The van der Waals surface area contributed by atoms with Crippen LogP contribution in [0.3, 0.4) is 0 Å². The highest BCUT2D eigenvalue weighted by atomic mass is 127. The van der Waals surface area contributed by atoms with Gasteiger partial charge in [0.2, 0.25) is 0 Å². The summed E-state index contributed by atoms with van der Waals surface area (Å²) in [5.41, 5.74) is 8.75. The van der Waals surface area contributed by atoms with Crippen molar-refractivity contribution in [1.29, 1.82) is 0 Å². The van der Waals surface area contributed by atoms with Crippen molar-refractivity contribution in [2.75, 3.05) is 11.1 Å². The van der Waals surface area contributed by atoms with Gasteiger partial charge in [0, 0.05) is 3.57 Å². The van der Waals surface area contributed by atoms with Crippen LogP contribution in [0.25, 0.3) is 0 Å². The largest absolute Gasteiger partial charge is 0.397 e. The minimum Gasteiger partial charge on any atom is -0.397 e. The van der Waals surface area contributed by atoms with Gasteiger partial charge in [0.25, 0.3) is 5.91 Å². The molecule has 0 aliphatic heterocycles. The summed E-state index contributed by atoms with van der Waals surface area (Å²) < 4.78 is 0.960. The number of amides is 1. The molecule has 3 nitrogen and oxygen atoms in total. The van der Waals surface area contributed by atoms with Crippen molar-refractivity contribution in [2.45, 2.75) is 6.92 Å². The van der Waals surface area contributed by atoms with Gasteiger partial charge in [-0.15, -0.1) is 0 Å². The molecule has 2 aromatic rings. The third-order valence-corrected chi connectivity index (χ3v) is 4.08. The van der Waals surface area contributed by atoms with Gasteiger partial charge in [-0.25, -0.2) is 0 Å². The molecular weight excluding hydrogens is 339 g/mol. The summed E-state index contributed by atoms with van der Waals surface area (Å²) in [5, 5.41) is 2.83. The van der Waals surface area contributed by atoms with Crippen LogP contribution >= 0.6 is 22.6 Å². The summed E-state index contributed by atoms with van der Waals surface area (Å²) in [6, 6.07) is 12.9. The fourth-order valence-corrected chi connectivity index (χ4v) is 2.23. The molecular formula is C14H13IN2O. The second-order valence-electron chi connectivity index (χ2n) is 3.98. The molecule has 0 fully saturated rings. The molecule has 92 valence electrons. The number of nitrogens with one attached hydrogen (secondary N) is 1. The zero-order valence-corrected chi connectivity index (χ0v) is 12.1. The van der Waals surface area contributed by atoms with Crippen molar-refractivity contribution in [1.82, 2.24) is 0 Å². The Morgan fingerprint density at radius 3 is 2.61 bits per heavy atom. The summed E-state index contributed by atoms with van der Waals surface area (Å²) in [6.07, 6.45) is 0. The maximum Gasteiger partial charge on any atom is 0.256 e. The third kappa shape index (κ3) is 2.64. The first-order valence-electron chi connectivity index (χ1n) is 5.50. The van der Waals surface area contributed by atoms with E-state index in [1.807, 2.05) is 37.3 Å². The van der Waals surface area contributed by atoms with Gasteiger partial charge in [0.1, 0.15) is 0 Å². The number of hydrogen-bond acceptors (Lipinski definition) is 2. The van der Waals surface area contributed by atoms with E-state index in [9.17, 15) is 4.79 Å². The van der Waals surface area contributed by atoms with E-state index >= 15 is 0 Å². The Kier molecular flexibility index (Phi) is 3.86. The first-order chi connectivity index (χ1) is 8.59. The van der Waals surface area contributed by atoms with E-state index in [1.165, 1.54) is 0 Å². The van der Waals surface area contributed by atoms with Crippen LogP contribution in [0.5, 0.6) is 0 Å². The average Bonchev–Trinajstić information content (AvgIpc) is 2.35. The molecule has 0 bridgehead atoms. The minimum atomic E-state index is -0.138. The van der Waals surface area contributed by atoms with E-state index in [4.69, 9.17) is 5.73 Å². The molecule has 0 aliphatic rings. The number of carbonyl (C=O) groups excluding carboxylic acids is 1. The van der Waals surface area contributed by atoms with Crippen LogP contribution in [-0.2, 0) is 0 Å². The predicted octanol–water partition coefficient (Wildman–Crippen LogP) is 3.43. The Morgan fingerprint density at radius 2 is 1.89 bits per heavy atom. The first kappa shape index (κ1) is 12.9. The molecule has 0 atom stereocenters. The highest BCUT2D eigenvalue weighted by molar-refractivity contribution is 14.1. The number of nitrogens with two attached hydrogens (primary N) is 1. The van der Waals surface area contributed by atoms with Crippen LogP contribution in [-0.4, -0.2) is 5.91 Å². The van der Waals surface area contributed by atoms with E-state index in [0.717, 1.165) is 9.13 Å². The number of para-hydroxylation sites is 2. The number of hydrogen-bond donors (Lipinski definition) is 2. The summed E-state index contributed by atoms with van der Waals surface area (Å²) in [5.74, 6) is -0.138. The summed E-state index contributed by atoms with van der Waals surface area (Å²) in [4.78, 5) is 12.2. The lowest BCUT2D eigenvalue weighted by molar-refractivity contribution is 0.102. The highest BCUT2D eigenvalue weighted by Gasteiger charge is 2.12. The number of rotatable bonds is 2. The standard InChI is InChI=1S/C14H13IN2O/c1-9-5-4-6-10(13(9)15)14(18)17-12-8-3-2-7-11(12)16/h2-8H,16H2,1H3,(H,17,18). The minimum absolute atomic E-state index is 0.138. The molecule has 4 heteroatoms. The molecule has 0 unspecified atom stereocenters. The lowest BCUT2D eigenvalue weighted by atomic mass is 10.1. The third-order valence-electron chi connectivity index (χ3n) is 2.65. The number of nitrogen functional groups attached to an aromatic ring is 1. The monoisotopic (exact) mass is 352 g/mol. The number of carbonyl (C=O) groups is 1. The Balaban J connectivity index is 2.28. The Labute approximate surface area is 120 Å². The number of aryl methyl sites for hydroxylation is 1. The molecule has 0 saturated heterocycles. The molecule has 3 N–H and O–H groups in total. The molecule has 0 heterocycles. The van der Waals surface area contributed by atoms with Crippen molar-refractivity contribution >= 4 is 39.9 Å². The van der Waals surface area contributed by atoms with Gasteiger partial charge in [-0.05, 0) is 53.3 Å². The van der Waals surface area contributed by atoms with Crippen LogP contribution in [0.15, 0.2) is 42.5 Å². The fraction of sp³-hybridized carbons (Fsp3) is 0.0714. The Morgan fingerprint density at radius 1 is 1.17 bits per heavy atom. The van der Waals surface area contributed by atoms with Gasteiger partial charge in [0.05, 0.1) is 16.9 Å². The molecule has 0 spiro atoms. The van der Waals surface area contributed by atoms with E-state index < -0.39 is 0 Å². The van der Waals surface area contributed by atoms with Crippen molar-refractivity contribution in [3.63, 3.8) is 0 Å². The van der Waals surface area contributed by atoms with Crippen molar-refractivity contribution < 1.29 is 4.79 Å². The van der Waals surface area contributed by atoms with E-state index in [-0.39, 0.29) is 5.91 Å². The first-order valence-corrected chi connectivity index (χ1v) is 6.58. The van der Waals surface area contributed by atoms with Gasteiger partial charge < -0.3 is 11.1 Å². The number of halogens is 1. The Bertz CT molecular complexity index is 596. The van der Waals surface area contributed by atoms with Crippen LogP contribution in [0.2, 0.25) is 0 Å². The Hall–Kier alpha value is -1.56. The zero-order chi connectivity index (χ0) is 13.1. The molecule has 1 amide bonds. The molecule has 2 rings (SSSR count). The zero-order valence-electron chi connectivity index (χ0n) is 9.91. The van der Waals surface area contributed by atoms with Gasteiger partial charge >= 0.3 is 0 Å². The van der Waals surface area contributed by atoms with Gasteiger partial charge in [-0.3, -0.25) is 4.79 Å². The maximum atomic E-state index is 12.2. The number of anilines is 2. The SMILES string of the molecule is Cc1cccc(C(=O)Nc2ccccc2N)c1I. The highest BCUT2D eigenvalue weighted by Crippen LogP contribution is 2.21. The van der Waals surface area contributed by atoms with Crippen molar-refractivity contribution in [2.24, 2.45) is 0 Å². The van der Waals surface area contributed by atoms with Gasteiger partial charge in [-0.1, -0.05) is 24.3 Å². The van der Waals surface area contributed by atoms with Gasteiger partial charge in [-0.2, -0.15) is 0 Å². The lowest BCUT2D eigenvalue weighted by Gasteiger charge is -2.10. The van der Waals surface area contributed by atoms with Crippen LogP contribution in [0.1, 0.15) is 15.9 Å². The molecule has 0 aliphatic carbocycles. The van der Waals surface area contributed by atoms with Crippen molar-refractivity contribution in [3.8, 4) is 0 Å². The smallest absolute Gasteiger partial charge is 0.256 e. The second kappa shape index (κ2) is 5.39.